The van der Waals surface area contributed by atoms with Gasteiger partial charge in [0.1, 0.15) is 0 Å². The highest BCUT2D eigenvalue weighted by atomic mass is 16.5. The smallest absolute Gasteiger partial charge is 0.228 e. The Morgan fingerprint density at radius 3 is 2.30 bits per heavy atom. The van der Waals surface area contributed by atoms with E-state index in [1.807, 2.05) is 9.80 Å². The van der Waals surface area contributed by atoms with E-state index >= 15 is 0 Å². The van der Waals surface area contributed by atoms with E-state index in [1.54, 1.807) is 0 Å². The van der Waals surface area contributed by atoms with Crippen LogP contribution in [0.2, 0.25) is 0 Å². The lowest BCUT2D eigenvalue weighted by Crippen LogP contribution is -2.65. The molecule has 4 aliphatic rings. The lowest BCUT2D eigenvalue weighted by Gasteiger charge is -2.49. The Kier molecular flexibility index (Phi) is 5.71. The van der Waals surface area contributed by atoms with E-state index < -0.39 is 0 Å². The Labute approximate surface area is 162 Å². The number of hydrogen-bond donors (Lipinski definition) is 0. The number of likely N-dealkylation sites (tertiary alicyclic amines) is 2. The Bertz CT molecular complexity index is 549. The van der Waals surface area contributed by atoms with Crippen molar-refractivity contribution in [2.24, 2.45) is 5.92 Å². The van der Waals surface area contributed by atoms with Crippen LogP contribution in [-0.2, 0) is 14.3 Å². The number of carbonyl (C=O) groups excluding carboxylic acids is 2. The van der Waals surface area contributed by atoms with Gasteiger partial charge in [-0.15, -0.1) is 0 Å². The van der Waals surface area contributed by atoms with E-state index in [1.165, 1.54) is 0 Å². The van der Waals surface area contributed by atoms with Crippen molar-refractivity contribution in [3.63, 3.8) is 0 Å². The minimum absolute atomic E-state index is 0.140. The summed E-state index contributed by atoms with van der Waals surface area (Å²) in [5.74, 6) is 0.205. The summed E-state index contributed by atoms with van der Waals surface area (Å²) in [6.45, 7) is 12.7. The molecule has 0 bridgehead atoms. The second kappa shape index (κ2) is 8.05. The third kappa shape index (κ3) is 4.00. The topological polar surface area (TPSA) is 56.3 Å². The van der Waals surface area contributed by atoms with Crippen LogP contribution in [0.1, 0.15) is 33.1 Å². The van der Waals surface area contributed by atoms with Gasteiger partial charge in [-0.25, -0.2) is 0 Å². The Morgan fingerprint density at radius 1 is 1.00 bits per heavy atom. The van der Waals surface area contributed by atoms with Gasteiger partial charge in [0.05, 0.1) is 5.92 Å². The quantitative estimate of drug-likeness (QED) is 0.702. The third-order valence-electron chi connectivity index (χ3n) is 6.91. The normalized spacial score (nSPS) is 29.6. The molecule has 0 aliphatic carbocycles. The molecular formula is C20H34N4O3. The molecule has 1 atom stereocenters. The Hall–Kier alpha value is -1.18. The van der Waals surface area contributed by atoms with Gasteiger partial charge < -0.3 is 14.5 Å². The summed E-state index contributed by atoms with van der Waals surface area (Å²) in [7, 11) is 0. The SMILES string of the molecule is CC(C)N1CCN(C2CN(C(=O)C3CC(=O)N(C4CCOCC4)C3)C2)CC1. The summed E-state index contributed by atoms with van der Waals surface area (Å²) in [6.07, 6.45) is 2.20. The summed E-state index contributed by atoms with van der Waals surface area (Å²) in [6, 6.07) is 1.39. The van der Waals surface area contributed by atoms with E-state index in [0.717, 1.165) is 65.3 Å². The van der Waals surface area contributed by atoms with Crippen molar-refractivity contribution in [2.75, 3.05) is 59.0 Å². The molecule has 4 rings (SSSR count). The van der Waals surface area contributed by atoms with E-state index in [-0.39, 0.29) is 23.8 Å². The van der Waals surface area contributed by atoms with Crippen LogP contribution < -0.4 is 0 Å². The predicted molar refractivity (Wildman–Crippen MR) is 102 cm³/mol. The molecule has 0 radical (unpaired) electrons. The molecule has 0 saturated carbocycles. The number of piperazine rings is 1. The van der Waals surface area contributed by atoms with Crippen LogP contribution in [0, 0.1) is 5.92 Å². The first-order valence-corrected chi connectivity index (χ1v) is 10.7. The largest absolute Gasteiger partial charge is 0.381 e. The Balaban J connectivity index is 1.23. The predicted octanol–water partition coefficient (Wildman–Crippen LogP) is 0.251. The van der Waals surface area contributed by atoms with Gasteiger partial charge in [-0.1, -0.05) is 0 Å². The summed E-state index contributed by atoms with van der Waals surface area (Å²) >= 11 is 0. The van der Waals surface area contributed by atoms with Crippen LogP contribution in [0.15, 0.2) is 0 Å². The molecule has 1 unspecified atom stereocenters. The molecule has 4 saturated heterocycles. The summed E-state index contributed by atoms with van der Waals surface area (Å²) in [4.78, 5) is 34.3. The number of nitrogens with zero attached hydrogens (tertiary/aromatic N) is 4. The van der Waals surface area contributed by atoms with Gasteiger partial charge in [0.2, 0.25) is 11.8 Å². The minimum atomic E-state index is -0.140. The maximum absolute atomic E-state index is 12.9. The highest BCUT2D eigenvalue weighted by Gasteiger charge is 2.43. The summed E-state index contributed by atoms with van der Waals surface area (Å²) < 4.78 is 5.40. The fourth-order valence-corrected chi connectivity index (χ4v) is 4.99. The zero-order valence-electron chi connectivity index (χ0n) is 16.8. The molecule has 4 heterocycles. The molecule has 0 aromatic heterocycles. The van der Waals surface area contributed by atoms with Gasteiger partial charge in [0.15, 0.2) is 0 Å². The fraction of sp³-hybridized carbons (Fsp3) is 0.900. The first kappa shape index (κ1) is 19.2. The van der Waals surface area contributed by atoms with Crippen LogP contribution in [0.5, 0.6) is 0 Å². The molecule has 7 heteroatoms. The molecule has 27 heavy (non-hydrogen) atoms. The third-order valence-corrected chi connectivity index (χ3v) is 6.91. The second-order valence-corrected chi connectivity index (χ2v) is 8.85. The van der Waals surface area contributed by atoms with Crippen molar-refractivity contribution in [1.82, 2.24) is 19.6 Å². The number of carbonyl (C=O) groups is 2. The fourth-order valence-electron chi connectivity index (χ4n) is 4.99. The van der Waals surface area contributed by atoms with Crippen LogP contribution >= 0.6 is 0 Å². The van der Waals surface area contributed by atoms with Crippen LogP contribution in [-0.4, -0.2) is 109 Å². The molecule has 0 spiro atoms. The van der Waals surface area contributed by atoms with Crippen LogP contribution in [0.25, 0.3) is 0 Å². The van der Waals surface area contributed by atoms with Gasteiger partial charge >= 0.3 is 0 Å². The maximum Gasteiger partial charge on any atom is 0.228 e. The molecule has 152 valence electrons. The van der Waals surface area contributed by atoms with E-state index in [9.17, 15) is 9.59 Å². The first-order valence-electron chi connectivity index (χ1n) is 10.7. The maximum atomic E-state index is 12.9. The lowest BCUT2D eigenvalue weighted by molar-refractivity contribution is -0.143. The average Bonchev–Trinajstić information content (AvgIpc) is 3.03. The van der Waals surface area contributed by atoms with E-state index in [0.29, 0.717) is 25.0 Å². The molecule has 0 N–H and O–H groups in total. The average molecular weight is 379 g/mol. The monoisotopic (exact) mass is 378 g/mol. The molecule has 7 nitrogen and oxygen atoms in total. The Morgan fingerprint density at radius 2 is 1.67 bits per heavy atom. The zero-order valence-corrected chi connectivity index (χ0v) is 16.8. The van der Waals surface area contributed by atoms with Gasteiger partial charge in [-0.3, -0.25) is 19.4 Å². The van der Waals surface area contributed by atoms with Crippen molar-refractivity contribution >= 4 is 11.8 Å². The summed E-state index contributed by atoms with van der Waals surface area (Å²) in [5.41, 5.74) is 0. The van der Waals surface area contributed by atoms with Gasteiger partial charge in [0, 0.05) is 83.6 Å². The number of hydrogen-bond acceptors (Lipinski definition) is 5. The van der Waals surface area contributed by atoms with Crippen molar-refractivity contribution in [3.05, 3.63) is 0 Å². The highest BCUT2D eigenvalue weighted by Crippen LogP contribution is 2.28. The van der Waals surface area contributed by atoms with Crippen molar-refractivity contribution in [3.8, 4) is 0 Å². The molecule has 0 aromatic rings. The van der Waals surface area contributed by atoms with Gasteiger partial charge in [-0.05, 0) is 26.7 Å². The number of ether oxygens (including phenoxy) is 1. The van der Waals surface area contributed by atoms with E-state index in [4.69, 9.17) is 4.74 Å². The second-order valence-electron chi connectivity index (χ2n) is 8.85. The lowest BCUT2D eigenvalue weighted by atomic mass is 10.00. The van der Waals surface area contributed by atoms with Crippen LogP contribution in [0.4, 0.5) is 0 Å². The minimum Gasteiger partial charge on any atom is -0.381 e. The zero-order chi connectivity index (χ0) is 19.0. The summed E-state index contributed by atoms with van der Waals surface area (Å²) in [5, 5.41) is 0. The van der Waals surface area contributed by atoms with Crippen LogP contribution in [0.3, 0.4) is 0 Å². The number of rotatable bonds is 4. The molecule has 2 amide bonds. The highest BCUT2D eigenvalue weighted by molar-refractivity contribution is 5.89. The molecule has 4 fully saturated rings. The van der Waals surface area contributed by atoms with Crippen molar-refractivity contribution in [1.29, 1.82) is 0 Å². The van der Waals surface area contributed by atoms with Gasteiger partial charge in [-0.2, -0.15) is 0 Å². The molecular weight excluding hydrogens is 344 g/mol. The van der Waals surface area contributed by atoms with Crippen molar-refractivity contribution in [2.45, 2.75) is 51.2 Å². The van der Waals surface area contributed by atoms with Gasteiger partial charge in [0.25, 0.3) is 0 Å². The number of amides is 2. The standard InChI is InChI=1S/C20H34N4O3/c1-15(2)21-5-7-22(8-6-21)18-13-23(14-18)20(26)16-11-19(25)24(12-16)17-3-9-27-10-4-17/h15-18H,3-14H2,1-2H3. The van der Waals surface area contributed by atoms with E-state index in [2.05, 4.69) is 23.6 Å². The van der Waals surface area contributed by atoms with Crippen molar-refractivity contribution < 1.29 is 14.3 Å². The molecule has 0 aromatic carbocycles. The first-order chi connectivity index (χ1) is 13.0. The molecule has 4 aliphatic heterocycles.